The maximum absolute atomic E-state index is 12.3. The van der Waals surface area contributed by atoms with Crippen molar-refractivity contribution in [1.82, 2.24) is 4.57 Å². The highest BCUT2D eigenvalue weighted by Crippen LogP contribution is 2.32. The molecule has 0 saturated heterocycles. The predicted octanol–water partition coefficient (Wildman–Crippen LogP) is 3.53. The molecule has 1 aromatic carbocycles. The Morgan fingerprint density at radius 3 is 2.40 bits per heavy atom. The second kappa shape index (κ2) is 6.69. The number of aromatic carboxylic acids is 1. The van der Waals surface area contributed by atoms with Gasteiger partial charge in [-0.05, 0) is 58.4 Å². The second-order valence-electron chi connectivity index (χ2n) is 7.19. The number of aromatic nitrogens is 1. The average molecular weight is 367 g/mol. The van der Waals surface area contributed by atoms with E-state index in [1.54, 1.807) is 33.8 Å². The Morgan fingerprint density at radius 1 is 1.28 bits per heavy atom. The summed E-state index contributed by atoms with van der Waals surface area (Å²) < 4.78 is 6.82. The summed E-state index contributed by atoms with van der Waals surface area (Å²) in [4.78, 5) is 24.0. The number of aryl methyl sites for hydroxylation is 1. The van der Waals surface area contributed by atoms with E-state index in [9.17, 15) is 14.7 Å². The summed E-state index contributed by atoms with van der Waals surface area (Å²) in [7, 11) is 0. The highest BCUT2D eigenvalue weighted by Gasteiger charge is 2.31. The number of carboxylic acids is 1. The standard InChI is InChI=1S/C18H23ClN2O4/c1-9-6-11-8-13(16(22)23)21(15(11)12(19)7-9)10(2)14(20)17(24)25-18(3,4)5/h6-8,10,14H,20H2,1-5H3,(H,22,23)/t10-,14-/m1/s1. The lowest BCUT2D eigenvalue weighted by Crippen LogP contribution is -2.43. The molecule has 1 heterocycles. The van der Waals surface area contributed by atoms with Crippen LogP contribution in [0.5, 0.6) is 0 Å². The van der Waals surface area contributed by atoms with E-state index >= 15 is 0 Å². The van der Waals surface area contributed by atoms with Crippen LogP contribution in [0.25, 0.3) is 10.9 Å². The molecule has 0 radical (unpaired) electrons. The summed E-state index contributed by atoms with van der Waals surface area (Å²) in [6, 6.07) is 3.44. The number of benzene rings is 1. The van der Waals surface area contributed by atoms with Crippen molar-refractivity contribution in [3.63, 3.8) is 0 Å². The highest BCUT2D eigenvalue weighted by atomic mass is 35.5. The monoisotopic (exact) mass is 366 g/mol. The molecule has 0 amide bonds. The van der Waals surface area contributed by atoms with Crippen LogP contribution < -0.4 is 5.73 Å². The molecule has 1 aromatic heterocycles. The molecule has 0 unspecified atom stereocenters. The first-order chi connectivity index (χ1) is 11.4. The van der Waals surface area contributed by atoms with Crippen molar-refractivity contribution >= 4 is 34.4 Å². The first kappa shape index (κ1) is 19.3. The Hall–Kier alpha value is -2.05. The van der Waals surface area contributed by atoms with Gasteiger partial charge >= 0.3 is 11.9 Å². The predicted molar refractivity (Wildman–Crippen MR) is 97.2 cm³/mol. The molecule has 136 valence electrons. The Bertz CT molecular complexity index is 836. The van der Waals surface area contributed by atoms with E-state index in [2.05, 4.69) is 0 Å². The molecule has 0 aliphatic carbocycles. The Morgan fingerprint density at radius 2 is 1.88 bits per heavy atom. The third-order valence-electron chi connectivity index (χ3n) is 3.85. The van der Waals surface area contributed by atoms with Gasteiger partial charge in [-0.25, -0.2) is 4.79 Å². The van der Waals surface area contributed by atoms with Gasteiger partial charge in [-0.3, -0.25) is 4.79 Å². The Kier molecular flexibility index (Phi) is 5.16. The highest BCUT2D eigenvalue weighted by molar-refractivity contribution is 6.35. The zero-order chi connectivity index (χ0) is 19.1. The molecule has 7 heteroatoms. The summed E-state index contributed by atoms with van der Waals surface area (Å²) in [5.74, 6) is -1.71. The van der Waals surface area contributed by atoms with Gasteiger partial charge in [-0.1, -0.05) is 11.6 Å². The maximum atomic E-state index is 12.3. The van der Waals surface area contributed by atoms with Gasteiger partial charge in [-0.15, -0.1) is 0 Å². The van der Waals surface area contributed by atoms with Crippen LogP contribution in [-0.4, -0.2) is 33.3 Å². The zero-order valence-corrected chi connectivity index (χ0v) is 15.7. The van der Waals surface area contributed by atoms with E-state index < -0.39 is 29.6 Å². The van der Waals surface area contributed by atoms with Crippen molar-refractivity contribution in [1.29, 1.82) is 0 Å². The van der Waals surface area contributed by atoms with Crippen molar-refractivity contribution in [2.45, 2.75) is 52.3 Å². The van der Waals surface area contributed by atoms with Crippen LogP contribution in [0, 0.1) is 6.92 Å². The normalized spacial score (nSPS) is 14.4. The number of carboxylic acid groups (broad SMARTS) is 1. The number of nitrogens with two attached hydrogens (primary N) is 1. The van der Waals surface area contributed by atoms with Crippen molar-refractivity contribution < 1.29 is 19.4 Å². The fourth-order valence-electron chi connectivity index (χ4n) is 2.78. The number of nitrogens with zero attached hydrogens (tertiary/aromatic N) is 1. The third kappa shape index (κ3) is 3.96. The Labute approximate surface area is 151 Å². The van der Waals surface area contributed by atoms with Crippen LogP contribution in [0.2, 0.25) is 5.02 Å². The van der Waals surface area contributed by atoms with Gasteiger partial charge < -0.3 is 20.1 Å². The van der Waals surface area contributed by atoms with Crippen LogP contribution in [0.3, 0.4) is 0 Å². The number of fused-ring (bicyclic) bond motifs is 1. The fraction of sp³-hybridized carbons (Fsp3) is 0.444. The van der Waals surface area contributed by atoms with Crippen LogP contribution >= 0.6 is 11.6 Å². The van der Waals surface area contributed by atoms with Crippen molar-refractivity contribution in [3.8, 4) is 0 Å². The lowest BCUT2D eigenvalue weighted by molar-refractivity contribution is -0.157. The van der Waals surface area contributed by atoms with Gasteiger partial charge in [0.2, 0.25) is 0 Å². The summed E-state index contributed by atoms with van der Waals surface area (Å²) in [5.41, 5.74) is 6.86. The Balaban J connectivity index is 2.56. The number of hydrogen-bond acceptors (Lipinski definition) is 4. The van der Waals surface area contributed by atoms with Gasteiger partial charge in [0, 0.05) is 5.39 Å². The van der Waals surface area contributed by atoms with Gasteiger partial charge in [0.05, 0.1) is 16.6 Å². The molecule has 0 aliphatic heterocycles. The quantitative estimate of drug-likeness (QED) is 0.807. The van der Waals surface area contributed by atoms with Crippen molar-refractivity contribution in [2.75, 3.05) is 0 Å². The lowest BCUT2D eigenvalue weighted by atomic mass is 10.1. The fourth-order valence-corrected chi connectivity index (χ4v) is 3.15. The smallest absolute Gasteiger partial charge is 0.352 e. The van der Waals surface area contributed by atoms with E-state index in [0.717, 1.165) is 5.56 Å². The minimum absolute atomic E-state index is 0.0222. The second-order valence-corrected chi connectivity index (χ2v) is 7.60. The van der Waals surface area contributed by atoms with E-state index in [1.807, 2.05) is 13.0 Å². The topological polar surface area (TPSA) is 94.5 Å². The molecule has 0 saturated carbocycles. The van der Waals surface area contributed by atoms with E-state index in [0.29, 0.717) is 15.9 Å². The molecule has 2 rings (SSSR count). The largest absolute Gasteiger partial charge is 0.477 e. The number of carbonyl (C=O) groups is 2. The number of esters is 1. The molecule has 0 bridgehead atoms. The molecule has 0 spiro atoms. The molecule has 3 N–H and O–H groups in total. The number of carbonyl (C=O) groups excluding carboxylic acids is 1. The number of ether oxygens (including phenoxy) is 1. The molecule has 0 fully saturated rings. The zero-order valence-electron chi connectivity index (χ0n) is 15.0. The van der Waals surface area contributed by atoms with Gasteiger partial charge in [-0.2, -0.15) is 0 Å². The molecular weight excluding hydrogens is 344 g/mol. The van der Waals surface area contributed by atoms with Crippen LogP contribution in [0.15, 0.2) is 18.2 Å². The van der Waals surface area contributed by atoms with Crippen molar-refractivity contribution in [3.05, 3.63) is 34.5 Å². The average Bonchev–Trinajstić information content (AvgIpc) is 2.83. The van der Waals surface area contributed by atoms with Gasteiger partial charge in [0.25, 0.3) is 0 Å². The minimum atomic E-state index is -1.12. The van der Waals surface area contributed by atoms with E-state index in [1.165, 1.54) is 10.6 Å². The molecule has 6 nitrogen and oxygen atoms in total. The third-order valence-corrected chi connectivity index (χ3v) is 4.14. The SMILES string of the molecule is Cc1cc(Cl)c2c(c1)cc(C(=O)O)n2[C@H](C)[C@@H](N)C(=O)OC(C)(C)C. The summed E-state index contributed by atoms with van der Waals surface area (Å²) >= 11 is 6.35. The van der Waals surface area contributed by atoms with Crippen LogP contribution in [0.1, 0.15) is 49.8 Å². The minimum Gasteiger partial charge on any atom is -0.477 e. The van der Waals surface area contributed by atoms with Crippen LogP contribution in [0.4, 0.5) is 0 Å². The van der Waals surface area contributed by atoms with E-state index in [-0.39, 0.29) is 5.69 Å². The molecular formula is C18H23ClN2O4. The van der Waals surface area contributed by atoms with Crippen molar-refractivity contribution in [2.24, 2.45) is 5.73 Å². The first-order valence-electron chi connectivity index (χ1n) is 7.95. The molecule has 25 heavy (non-hydrogen) atoms. The van der Waals surface area contributed by atoms with E-state index in [4.69, 9.17) is 22.1 Å². The molecule has 2 atom stereocenters. The number of rotatable bonds is 4. The number of hydrogen-bond donors (Lipinski definition) is 2. The van der Waals surface area contributed by atoms with Gasteiger partial charge in [0.15, 0.2) is 0 Å². The summed E-state index contributed by atoms with van der Waals surface area (Å²) in [5, 5.41) is 10.7. The lowest BCUT2D eigenvalue weighted by Gasteiger charge is -2.27. The maximum Gasteiger partial charge on any atom is 0.352 e. The summed E-state index contributed by atoms with van der Waals surface area (Å²) in [6.07, 6.45) is 0. The summed E-state index contributed by atoms with van der Waals surface area (Å²) in [6.45, 7) is 8.79. The van der Waals surface area contributed by atoms with Gasteiger partial charge in [0.1, 0.15) is 17.3 Å². The molecule has 0 aliphatic rings. The first-order valence-corrected chi connectivity index (χ1v) is 8.33. The number of halogens is 1. The van der Waals surface area contributed by atoms with Crippen LogP contribution in [-0.2, 0) is 9.53 Å². The molecule has 2 aromatic rings.